The Hall–Kier alpha value is -1.32. The number of nitrogens with zero attached hydrogens (tertiary/aromatic N) is 1. The Morgan fingerprint density at radius 1 is 1.77 bits per heavy atom. The largest absolute Gasteiger partial charge is 0.281 e. The van der Waals surface area contributed by atoms with Crippen molar-refractivity contribution in [2.45, 2.75) is 11.8 Å². The van der Waals surface area contributed by atoms with Crippen LogP contribution in [0.25, 0.3) is 0 Å². The van der Waals surface area contributed by atoms with Crippen LogP contribution < -0.4 is 4.72 Å². The van der Waals surface area contributed by atoms with Crippen molar-refractivity contribution < 1.29 is 8.42 Å². The molecule has 0 amide bonds. The van der Waals surface area contributed by atoms with Crippen molar-refractivity contribution in [3.8, 4) is 12.3 Å². The summed E-state index contributed by atoms with van der Waals surface area (Å²) in [4.78, 5) is 0.128. The fraction of sp³-hybridized carbons (Fsp3) is 0.286. The zero-order valence-corrected chi connectivity index (χ0v) is 7.85. The van der Waals surface area contributed by atoms with Crippen molar-refractivity contribution in [3.63, 3.8) is 0 Å². The minimum absolute atomic E-state index is 0.0209. The van der Waals surface area contributed by atoms with E-state index in [2.05, 4.69) is 20.8 Å². The lowest BCUT2D eigenvalue weighted by Crippen LogP contribution is -2.24. The highest BCUT2D eigenvalue weighted by Crippen LogP contribution is 2.09. The number of hydrogen-bond acceptors (Lipinski definition) is 3. The van der Waals surface area contributed by atoms with Crippen LogP contribution in [-0.4, -0.2) is 25.2 Å². The van der Waals surface area contributed by atoms with Crippen LogP contribution in [0.3, 0.4) is 0 Å². The first-order chi connectivity index (χ1) is 6.08. The lowest BCUT2D eigenvalue weighted by molar-refractivity contribution is 0.585. The summed E-state index contributed by atoms with van der Waals surface area (Å²) < 4.78 is 25.0. The van der Waals surface area contributed by atoms with Gasteiger partial charge < -0.3 is 0 Å². The van der Waals surface area contributed by atoms with Crippen molar-refractivity contribution in [2.24, 2.45) is 0 Å². The van der Waals surface area contributed by atoms with Gasteiger partial charge in [0.25, 0.3) is 0 Å². The van der Waals surface area contributed by atoms with Crippen molar-refractivity contribution >= 4 is 10.0 Å². The van der Waals surface area contributed by atoms with Gasteiger partial charge in [0.05, 0.1) is 18.4 Å². The summed E-state index contributed by atoms with van der Waals surface area (Å²) in [5.41, 5.74) is 0.490. The molecule has 5 nitrogen and oxygen atoms in total. The molecule has 0 saturated carbocycles. The van der Waals surface area contributed by atoms with Gasteiger partial charge in [0.1, 0.15) is 4.90 Å². The van der Waals surface area contributed by atoms with E-state index in [4.69, 9.17) is 6.42 Å². The summed E-state index contributed by atoms with van der Waals surface area (Å²) in [5.74, 6) is 2.18. The zero-order chi connectivity index (χ0) is 9.90. The predicted molar refractivity (Wildman–Crippen MR) is 47.3 cm³/mol. The van der Waals surface area contributed by atoms with Gasteiger partial charge in [0, 0.05) is 0 Å². The van der Waals surface area contributed by atoms with Crippen LogP contribution in [-0.2, 0) is 10.0 Å². The van der Waals surface area contributed by atoms with Crippen molar-refractivity contribution in [3.05, 3.63) is 11.9 Å². The zero-order valence-electron chi connectivity index (χ0n) is 7.03. The molecule has 1 aromatic heterocycles. The lowest BCUT2D eigenvalue weighted by Gasteiger charge is -2.00. The summed E-state index contributed by atoms with van der Waals surface area (Å²) in [6, 6.07) is 0. The summed E-state index contributed by atoms with van der Waals surface area (Å²) >= 11 is 0. The van der Waals surface area contributed by atoms with Gasteiger partial charge in [-0.15, -0.1) is 6.42 Å². The van der Waals surface area contributed by atoms with Gasteiger partial charge >= 0.3 is 0 Å². The number of rotatable bonds is 3. The van der Waals surface area contributed by atoms with E-state index in [1.54, 1.807) is 6.92 Å². The second-order valence-electron chi connectivity index (χ2n) is 2.39. The van der Waals surface area contributed by atoms with E-state index in [-0.39, 0.29) is 11.4 Å². The molecule has 1 heterocycles. The van der Waals surface area contributed by atoms with E-state index in [1.807, 2.05) is 0 Å². The molecule has 0 fully saturated rings. The fourth-order valence-electron chi connectivity index (χ4n) is 0.825. The second kappa shape index (κ2) is 3.60. The maximum absolute atomic E-state index is 11.4. The summed E-state index contributed by atoms with van der Waals surface area (Å²) in [6.45, 7) is 1.60. The van der Waals surface area contributed by atoms with Crippen LogP contribution in [0, 0.1) is 19.3 Å². The number of aromatic nitrogens is 2. The maximum Gasteiger partial charge on any atom is 0.244 e. The molecule has 1 rings (SSSR count). The van der Waals surface area contributed by atoms with E-state index in [0.29, 0.717) is 5.69 Å². The van der Waals surface area contributed by atoms with Gasteiger partial charge in [-0.25, -0.2) is 8.42 Å². The first-order valence-corrected chi connectivity index (χ1v) is 4.99. The molecule has 0 atom stereocenters. The Kier molecular flexibility index (Phi) is 2.70. The number of aromatic amines is 1. The summed E-state index contributed by atoms with van der Waals surface area (Å²) in [6.07, 6.45) is 6.17. The van der Waals surface area contributed by atoms with Gasteiger partial charge in [-0.1, -0.05) is 5.92 Å². The van der Waals surface area contributed by atoms with Crippen LogP contribution in [0.15, 0.2) is 11.1 Å². The van der Waals surface area contributed by atoms with Gasteiger partial charge in [0.15, 0.2) is 0 Å². The van der Waals surface area contributed by atoms with Gasteiger partial charge in [-0.05, 0) is 6.92 Å². The first kappa shape index (κ1) is 9.77. The molecule has 2 N–H and O–H groups in total. The molecule has 0 aliphatic rings. The minimum atomic E-state index is -3.50. The third-order valence-corrected chi connectivity index (χ3v) is 2.95. The molecule has 1 aromatic rings. The first-order valence-electron chi connectivity index (χ1n) is 3.51. The van der Waals surface area contributed by atoms with E-state index in [9.17, 15) is 8.42 Å². The summed E-state index contributed by atoms with van der Waals surface area (Å²) in [7, 11) is -3.50. The third kappa shape index (κ3) is 2.08. The number of nitrogens with one attached hydrogen (secondary N) is 2. The van der Waals surface area contributed by atoms with Gasteiger partial charge in [0.2, 0.25) is 10.0 Å². The molecular weight excluding hydrogens is 190 g/mol. The standard InChI is InChI=1S/C7H9N3O2S/c1-3-4-9-13(11,12)7-5-8-10-6(7)2/h1,5,9H,4H2,2H3,(H,8,10). The molecule has 0 aliphatic carbocycles. The molecule has 0 radical (unpaired) electrons. The quantitative estimate of drug-likeness (QED) is 0.652. The fourth-order valence-corrected chi connectivity index (χ4v) is 1.89. The highest BCUT2D eigenvalue weighted by molar-refractivity contribution is 7.89. The minimum Gasteiger partial charge on any atom is -0.281 e. The molecule has 0 aliphatic heterocycles. The molecule has 13 heavy (non-hydrogen) atoms. The molecule has 0 unspecified atom stereocenters. The smallest absolute Gasteiger partial charge is 0.244 e. The normalized spacial score (nSPS) is 11.1. The highest BCUT2D eigenvalue weighted by Gasteiger charge is 2.16. The average Bonchev–Trinajstić information content (AvgIpc) is 2.48. The average molecular weight is 199 g/mol. The Labute approximate surface area is 76.6 Å². The molecule has 0 spiro atoms. The topological polar surface area (TPSA) is 74.8 Å². The van der Waals surface area contributed by atoms with E-state index >= 15 is 0 Å². The molecular formula is C7H9N3O2S. The van der Waals surface area contributed by atoms with Gasteiger partial charge in [-0.2, -0.15) is 9.82 Å². The van der Waals surface area contributed by atoms with Crippen LogP contribution in [0.1, 0.15) is 5.69 Å². The number of aryl methyl sites for hydroxylation is 1. The van der Waals surface area contributed by atoms with Crippen molar-refractivity contribution in [1.29, 1.82) is 0 Å². The van der Waals surface area contributed by atoms with Crippen molar-refractivity contribution in [1.82, 2.24) is 14.9 Å². The summed E-state index contributed by atoms with van der Waals surface area (Å²) in [5, 5.41) is 6.13. The van der Waals surface area contributed by atoms with E-state index in [0.717, 1.165) is 0 Å². The number of terminal acetylenes is 1. The molecule has 0 aromatic carbocycles. The second-order valence-corrected chi connectivity index (χ2v) is 4.12. The molecule has 70 valence electrons. The van der Waals surface area contributed by atoms with Gasteiger partial charge in [-0.3, -0.25) is 5.10 Å². The molecule has 0 bridgehead atoms. The Morgan fingerprint density at radius 3 is 2.92 bits per heavy atom. The molecule has 0 saturated heterocycles. The number of hydrogen-bond donors (Lipinski definition) is 2. The van der Waals surface area contributed by atoms with Crippen LogP contribution >= 0.6 is 0 Å². The Bertz CT molecular complexity index is 427. The van der Waals surface area contributed by atoms with Crippen LogP contribution in [0.2, 0.25) is 0 Å². The Balaban J connectivity index is 2.96. The maximum atomic E-state index is 11.4. The number of H-pyrrole nitrogens is 1. The molecule has 6 heteroatoms. The van der Waals surface area contributed by atoms with E-state index in [1.165, 1.54) is 6.20 Å². The SMILES string of the molecule is C#CCNS(=O)(=O)c1cn[nH]c1C. The highest BCUT2D eigenvalue weighted by atomic mass is 32.2. The Morgan fingerprint density at radius 2 is 2.46 bits per heavy atom. The van der Waals surface area contributed by atoms with Crippen molar-refractivity contribution in [2.75, 3.05) is 6.54 Å². The number of sulfonamides is 1. The van der Waals surface area contributed by atoms with E-state index < -0.39 is 10.0 Å². The van der Waals surface area contributed by atoms with Crippen LogP contribution in [0.4, 0.5) is 0 Å². The monoisotopic (exact) mass is 199 g/mol. The predicted octanol–water partition coefficient (Wildman–Crippen LogP) is -0.370. The third-order valence-electron chi connectivity index (χ3n) is 1.44. The lowest BCUT2D eigenvalue weighted by atomic mass is 10.5. The van der Waals surface area contributed by atoms with Crippen LogP contribution in [0.5, 0.6) is 0 Å².